The zero-order chi connectivity index (χ0) is 29.7. The van der Waals surface area contributed by atoms with Crippen molar-refractivity contribution in [1.29, 1.82) is 0 Å². The first kappa shape index (κ1) is 32.7. The second kappa shape index (κ2) is 16.6. The van der Waals surface area contributed by atoms with Gasteiger partial charge in [-0.1, -0.05) is 58.2 Å². The number of carbonyl (C=O) groups is 5. The minimum atomic E-state index is -1.15. The van der Waals surface area contributed by atoms with E-state index in [0.717, 1.165) is 25.7 Å². The van der Waals surface area contributed by atoms with Gasteiger partial charge in [0, 0.05) is 32.1 Å². The third-order valence-electron chi connectivity index (χ3n) is 7.57. The van der Waals surface area contributed by atoms with E-state index in [0.29, 0.717) is 31.4 Å². The van der Waals surface area contributed by atoms with Gasteiger partial charge < -0.3 is 20.4 Å². The van der Waals surface area contributed by atoms with Crippen molar-refractivity contribution in [3.63, 3.8) is 0 Å². The summed E-state index contributed by atoms with van der Waals surface area (Å²) in [6.07, 6.45) is 4.99. The summed E-state index contributed by atoms with van der Waals surface area (Å²) < 4.78 is 0. The third-order valence-corrected chi connectivity index (χ3v) is 7.57. The molecule has 1 heterocycles. The van der Waals surface area contributed by atoms with E-state index in [1.807, 2.05) is 13.8 Å². The van der Waals surface area contributed by atoms with Crippen molar-refractivity contribution in [2.75, 3.05) is 20.1 Å². The Balaban J connectivity index is 2.10. The van der Waals surface area contributed by atoms with Crippen molar-refractivity contribution in [1.82, 2.24) is 25.9 Å². The Hall–Kier alpha value is -3.47. The number of unbranched alkanes of at least 4 members (excludes halogenated alkanes) is 2. The summed E-state index contributed by atoms with van der Waals surface area (Å²) in [6.45, 7) is 6.39. The quantitative estimate of drug-likeness (QED) is 0.147. The molecule has 11 nitrogen and oxygen atoms in total. The summed E-state index contributed by atoms with van der Waals surface area (Å²) in [5, 5.41) is 14.6. The Labute approximate surface area is 237 Å². The maximum Gasteiger partial charge on any atom is 0.265 e. The Morgan fingerprint density at radius 1 is 1.07 bits per heavy atom. The standard InChI is InChI=1S/C29H45N5O6/c1-5-7-9-16-24(35)34-19-12-15-23(34)29(39)33(4)25(20(3)6-2)28(38)31-22(27(37)32-40)17-18-30-26(36)21-13-10-8-11-14-21/h8,10-11,13-14,20,22-23,25,40H,5-7,9,12,15-19H2,1-4H3,(H,30,36)(H,31,38)(H,32,37)/t20?,22-,23?,25-/m0/s1. The molecule has 11 heteroatoms. The van der Waals surface area contributed by atoms with Gasteiger partial charge in [0.15, 0.2) is 0 Å². The van der Waals surface area contributed by atoms with Crippen LogP contribution in [0.2, 0.25) is 0 Å². The normalized spacial score (nSPS) is 16.9. The molecule has 0 spiro atoms. The molecule has 222 valence electrons. The summed E-state index contributed by atoms with van der Waals surface area (Å²) >= 11 is 0. The van der Waals surface area contributed by atoms with E-state index >= 15 is 0 Å². The first-order valence-corrected chi connectivity index (χ1v) is 14.3. The molecule has 1 fully saturated rings. The summed E-state index contributed by atoms with van der Waals surface area (Å²) in [5.74, 6) is -2.31. The van der Waals surface area contributed by atoms with Crippen molar-refractivity contribution in [3.05, 3.63) is 35.9 Å². The number of hydroxylamine groups is 1. The van der Waals surface area contributed by atoms with Crippen molar-refractivity contribution in [3.8, 4) is 0 Å². The lowest BCUT2D eigenvalue weighted by molar-refractivity contribution is -0.148. The van der Waals surface area contributed by atoms with Crippen LogP contribution in [0.1, 0.15) is 82.5 Å². The Morgan fingerprint density at radius 3 is 2.40 bits per heavy atom. The molecule has 4 N–H and O–H groups in total. The molecular formula is C29H45N5O6. The van der Waals surface area contributed by atoms with Crippen LogP contribution in [0.25, 0.3) is 0 Å². The predicted molar refractivity (Wildman–Crippen MR) is 150 cm³/mol. The van der Waals surface area contributed by atoms with E-state index in [1.165, 1.54) is 4.90 Å². The summed E-state index contributed by atoms with van der Waals surface area (Å²) in [7, 11) is 1.55. The van der Waals surface area contributed by atoms with Crippen LogP contribution in [-0.2, 0) is 19.2 Å². The van der Waals surface area contributed by atoms with Crippen LogP contribution in [-0.4, -0.2) is 82.8 Å². The number of nitrogens with zero attached hydrogens (tertiary/aromatic N) is 2. The molecule has 1 aliphatic heterocycles. The first-order chi connectivity index (χ1) is 19.2. The molecule has 0 bridgehead atoms. The van der Waals surface area contributed by atoms with Gasteiger partial charge in [-0.05, 0) is 43.7 Å². The van der Waals surface area contributed by atoms with Crippen LogP contribution >= 0.6 is 0 Å². The van der Waals surface area contributed by atoms with Crippen LogP contribution in [0.15, 0.2) is 30.3 Å². The average molecular weight is 560 g/mol. The number of carbonyl (C=O) groups excluding carboxylic acids is 5. The van der Waals surface area contributed by atoms with E-state index in [-0.39, 0.29) is 36.6 Å². The topological polar surface area (TPSA) is 148 Å². The molecule has 1 aromatic carbocycles. The van der Waals surface area contributed by atoms with Crippen LogP contribution < -0.4 is 16.1 Å². The zero-order valence-corrected chi connectivity index (χ0v) is 24.2. The van der Waals surface area contributed by atoms with Gasteiger partial charge >= 0.3 is 0 Å². The highest BCUT2D eigenvalue weighted by Crippen LogP contribution is 2.24. The minimum absolute atomic E-state index is 0.0181. The number of likely N-dealkylation sites (N-methyl/N-ethyl adjacent to an activating group) is 1. The molecule has 1 aliphatic rings. The van der Waals surface area contributed by atoms with Crippen molar-refractivity contribution in [2.45, 2.75) is 90.3 Å². The van der Waals surface area contributed by atoms with E-state index in [4.69, 9.17) is 0 Å². The SMILES string of the molecule is CCCCCC(=O)N1CCCC1C(=O)N(C)[C@H](C(=O)N[C@@H](CCNC(=O)c1ccccc1)C(=O)NO)C(C)CC. The lowest BCUT2D eigenvalue weighted by Gasteiger charge is -2.36. The van der Waals surface area contributed by atoms with Gasteiger partial charge in [0.1, 0.15) is 18.1 Å². The molecular weight excluding hydrogens is 514 g/mol. The fraction of sp³-hybridized carbons (Fsp3) is 0.621. The fourth-order valence-electron chi connectivity index (χ4n) is 5.03. The van der Waals surface area contributed by atoms with Crippen molar-refractivity contribution >= 4 is 29.5 Å². The highest BCUT2D eigenvalue weighted by Gasteiger charge is 2.40. The lowest BCUT2D eigenvalue weighted by Crippen LogP contribution is -2.58. The molecule has 2 rings (SSSR count). The van der Waals surface area contributed by atoms with E-state index in [1.54, 1.807) is 47.8 Å². The molecule has 40 heavy (non-hydrogen) atoms. The highest BCUT2D eigenvalue weighted by atomic mass is 16.5. The number of hydrogen-bond donors (Lipinski definition) is 4. The van der Waals surface area contributed by atoms with E-state index in [2.05, 4.69) is 17.6 Å². The number of benzene rings is 1. The van der Waals surface area contributed by atoms with Gasteiger partial charge in [-0.3, -0.25) is 29.2 Å². The van der Waals surface area contributed by atoms with Crippen LogP contribution in [0.5, 0.6) is 0 Å². The molecule has 2 unspecified atom stereocenters. The average Bonchev–Trinajstić information content (AvgIpc) is 3.46. The molecule has 0 saturated carbocycles. The van der Waals surface area contributed by atoms with Gasteiger partial charge in [-0.2, -0.15) is 0 Å². The molecule has 5 amide bonds. The maximum atomic E-state index is 13.6. The summed E-state index contributed by atoms with van der Waals surface area (Å²) in [6, 6.07) is 5.90. The second-order valence-electron chi connectivity index (χ2n) is 10.4. The monoisotopic (exact) mass is 559 g/mol. The predicted octanol–water partition coefficient (Wildman–Crippen LogP) is 2.24. The van der Waals surface area contributed by atoms with Crippen LogP contribution in [0.3, 0.4) is 0 Å². The summed E-state index contributed by atoms with van der Waals surface area (Å²) in [5.41, 5.74) is 2.02. The molecule has 4 atom stereocenters. The molecule has 0 radical (unpaired) electrons. The number of likely N-dealkylation sites (tertiary alicyclic amines) is 1. The van der Waals surface area contributed by atoms with Crippen LogP contribution in [0, 0.1) is 5.92 Å². The van der Waals surface area contributed by atoms with E-state index in [9.17, 15) is 29.2 Å². The van der Waals surface area contributed by atoms with Gasteiger partial charge in [0.05, 0.1) is 0 Å². The first-order valence-electron chi connectivity index (χ1n) is 14.3. The number of nitrogens with one attached hydrogen (secondary N) is 3. The van der Waals surface area contributed by atoms with Crippen molar-refractivity contribution in [2.24, 2.45) is 5.92 Å². The molecule has 1 aromatic rings. The zero-order valence-electron chi connectivity index (χ0n) is 24.2. The molecule has 0 aliphatic carbocycles. The number of rotatable bonds is 15. The largest absolute Gasteiger partial charge is 0.352 e. The Morgan fingerprint density at radius 2 is 1.77 bits per heavy atom. The lowest BCUT2D eigenvalue weighted by atomic mass is 9.95. The number of hydrogen-bond acceptors (Lipinski definition) is 6. The molecule has 0 aromatic heterocycles. The number of amides is 5. The summed E-state index contributed by atoms with van der Waals surface area (Å²) in [4.78, 5) is 67.7. The van der Waals surface area contributed by atoms with Crippen molar-refractivity contribution < 1.29 is 29.2 Å². The highest BCUT2D eigenvalue weighted by molar-refractivity contribution is 5.95. The van der Waals surface area contributed by atoms with Crippen LogP contribution in [0.4, 0.5) is 0 Å². The Bertz CT molecular complexity index is 1000. The molecule has 1 saturated heterocycles. The van der Waals surface area contributed by atoms with Gasteiger partial charge in [0.25, 0.3) is 11.8 Å². The fourth-order valence-corrected chi connectivity index (χ4v) is 5.03. The Kier molecular flexibility index (Phi) is 13.6. The second-order valence-corrected chi connectivity index (χ2v) is 10.4. The maximum absolute atomic E-state index is 13.6. The third kappa shape index (κ3) is 9.04. The smallest absolute Gasteiger partial charge is 0.265 e. The minimum Gasteiger partial charge on any atom is -0.352 e. The van der Waals surface area contributed by atoms with E-state index < -0.39 is 29.9 Å². The van der Waals surface area contributed by atoms with Gasteiger partial charge in [-0.25, -0.2) is 5.48 Å². The van der Waals surface area contributed by atoms with Gasteiger partial charge in [-0.15, -0.1) is 0 Å². The van der Waals surface area contributed by atoms with Gasteiger partial charge in [0.2, 0.25) is 17.7 Å².